The van der Waals surface area contributed by atoms with Crippen molar-refractivity contribution in [2.24, 2.45) is 5.92 Å². The van der Waals surface area contributed by atoms with Gasteiger partial charge in [0.1, 0.15) is 23.2 Å². The Bertz CT molecular complexity index is 1160. The number of aryl methyl sites for hydroxylation is 2. The average molecular weight is 496 g/mol. The van der Waals surface area contributed by atoms with E-state index in [4.69, 9.17) is 20.9 Å². The average Bonchev–Trinajstić information content (AvgIpc) is 3.18. The summed E-state index contributed by atoms with van der Waals surface area (Å²) in [6.07, 6.45) is 0.637. The number of hydrogen-bond donors (Lipinski definition) is 0. The van der Waals surface area contributed by atoms with Gasteiger partial charge in [-0.3, -0.25) is 9.59 Å². The highest BCUT2D eigenvalue weighted by Crippen LogP contribution is 2.29. The SMILES string of the molecule is Cc1noc(C)c1C(=O)N1CC[C@H](Oc2cccc(Cl)c2)[C@@H](CC(=O)N(C)Cc2ccccc2)C1. The van der Waals surface area contributed by atoms with E-state index >= 15 is 0 Å². The third-order valence-corrected chi connectivity index (χ3v) is 6.64. The van der Waals surface area contributed by atoms with Crippen LogP contribution < -0.4 is 4.74 Å². The van der Waals surface area contributed by atoms with Gasteiger partial charge >= 0.3 is 0 Å². The van der Waals surface area contributed by atoms with Gasteiger partial charge in [0.2, 0.25) is 5.91 Å². The Balaban J connectivity index is 1.50. The second-order valence-corrected chi connectivity index (χ2v) is 9.49. The van der Waals surface area contributed by atoms with Gasteiger partial charge < -0.3 is 19.1 Å². The minimum absolute atomic E-state index is 0.00480. The van der Waals surface area contributed by atoms with Gasteiger partial charge in [-0.15, -0.1) is 0 Å². The summed E-state index contributed by atoms with van der Waals surface area (Å²) in [5.41, 5.74) is 2.12. The smallest absolute Gasteiger partial charge is 0.259 e. The number of benzene rings is 2. The van der Waals surface area contributed by atoms with Gasteiger partial charge in [-0.05, 0) is 37.6 Å². The first-order valence-electron chi connectivity index (χ1n) is 11.7. The maximum absolute atomic E-state index is 13.3. The highest BCUT2D eigenvalue weighted by molar-refractivity contribution is 6.30. The standard InChI is InChI=1S/C27H30ClN3O4/c1-18-26(19(2)35-29-18)27(33)31-13-12-24(34-23-11-7-10-22(28)15-23)21(17-31)14-25(32)30(3)16-20-8-5-4-6-9-20/h4-11,15,21,24H,12-14,16-17H2,1-3H3/t21-,24-/m0/s1. The molecule has 1 saturated heterocycles. The van der Waals surface area contributed by atoms with E-state index in [1.165, 1.54) is 0 Å². The van der Waals surface area contributed by atoms with Crippen LogP contribution in [0.4, 0.5) is 0 Å². The molecule has 1 fully saturated rings. The Hall–Kier alpha value is -3.32. The van der Waals surface area contributed by atoms with Crippen LogP contribution >= 0.6 is 11.6 Å². The monoisotopic (exact) mass is 495 g/mol. The quantitative estimate of drug-likeness (QED) is 0.466. The minimum Gasteiger partial charge on any atom is -0.490 e. The molecule has 1 aromatic heterocycles. The third-order valence-electron chi connectivity index (χ3n) is 6.41. The van der Waals surface area contributed by atoms with Crippen LogP contribution in [0.5, 0.6) is 5.75 Å². The molecule has 2 aromatic carbocycles. The summed E-state index contributed by atoms with van der Waals surface area (Å²) >= 11 is 6.14. The summed E-state index contributed by atoms with van der Waals surface area (Å²) in [6.45, 7) is 4.94. The van der Waals surface area contributed by atoms with E-state index in [1.807, 2.05) is 42.5 Å². The summed E-state index contributed by atoms with van der Waals surface area (Å²) < 4.78 is 11.5. The molecule has 0 aliphatic carbocycles. The first-order chi connectivity index (χ1) is 16.8. The molecule has 2 amide bonds. The van der Waals surface area contributed by atoms with Crippen molar-refractivity contribution in [1.29, 1.82) is 0 Å². The Kier molecular flexibility index (Phi) is 7.76. The van der Waals surface area contributed by atoms with Gasteiger partial charge in [0.15, 0.2) is 0 Å². The zero-order chi connectivity index (χ0) is 24.9. The lowest BCUT2D eigenvalue weighted by molar-refractivity contribution is -0.133. The van der Waals surface area contributed by atoms with E-state index in [1.54, 1.807) is 42.8 Å². The maximum Gasteiger partial charge on any atom is 0.259 e. The summed E-state index contributed by atoms with van der Waals surface area (Å²) in [6, 6.07) is 17.1. The summed E-state index contributed by atoms with van der Waals surface area (Å²) in [5, 5.41) is 4.51. The van der Waals surface area contributed by atoms with Crippen molar-refractivity contribution in [3.8, 4) is 5.75 Å². The molecule has 1 aliphatic heterocycles. The van der Waals surface area contributed by atoms with Gasteiger partial charge in [0.05, 0.1) is 5.69 Å². The molecule has 3 aromatic rings. The fraction of sp³-hybridized carbons (Fsp3) is 0.370. The molecule has 7 nitrogen and oxygen atoms in total. The highest BCUT2D eigenvalue weighted by atomic mass is 35.5. The predicted molar refractivity (Wildman–Crippen MR) is 133 cm³/mol. The molecule has 1 aliphatic rings. The second kappa shape index (κ2) is 11.0. The molecule has 0 spiro atoms. The Morgan fingerprint density at radius 3 is 2.63 bits per heavy atom. The van der Waals surface area contributed by atoms with Crippen molar-refractivity contribution >= 4 is 23.4 Å². The molecule has 184 valence electrons. The topological polar surface area (TPSA) is 75.9 Å². The Morgan fingerprint density at radius 2 is 1.94 bits per heavy atom. The van der Waals surface area contributed by atoms with Gasteiger partial charge in [0.25, 0.3) is 5.91 Å². The van der Waals surface area contributed by atoms with Crippen LogP contribution in [0.2, 0.25) is 5.02 Å². The first kappa shape index (κ1) is 24.8. The largest absolute Gasteiger partial charge is 0.490 e. The molecular formula is C27H30ClN3O4. The number of likely N-dealkylation sites (tertiary alicyclic amines) is 1. The number of piperidine rings is 1. The van der Waals surface area contributed by atoms with Gasteiger partial charge in [0, 0.05) is 50.5 Å². The summed E-state index contributed by atoms with van der Waals surface area (Å²) in [5.74, 6) is 0.851. The number of aromatic nitrogens is 1. The molecular weight excluding hydrogens is 466 g/mol. The van der Waals surface area contributed by atoms with Crippen LogP contribution in [0, 0.1) is 19.8 Å². The van der Waals surface area contributed by atoms with E-state index in [2.05, 4.69) is 5.16 Å². The van der Waals surface area contributed by atoms with Crippen LogP contribution in [0.1, 0.15) is 40.2 Å². The zero-order valence-corrected chi connectivity index (χ0v) is 21.0. The van der Waals surface area contributed by atoms with Crippen LogP contribution in [-0.2, 0) is 11.3 Å². The minimum atomic E-state index is -0.226. The van der Waals surface area contributed by atoms with E-state index in [9.17, 15) is 9.59 Å². The number of ether oxygens (including phenoxy) is 1. The predicted octanol–water partition coefficient (Wildman–Crippen LogP) is 4.90. The molecule has 0 bridgehead atoms. The Morgan fingerprint density at radius 1 is 1.17 bits per heavy atom. The molecule has 0 N–H and O–H groups in total. The summed E-state index contributed by atoms with van der Waals surface area (Å²) in [7, 11) is 1.80. The number of amides is 2. The van der Waals surface area contributed by atoms with Crippen molar-refractivity contribution in [2.75, 3.05) is 20.1 Å². The zero-order valence-electron chi connectivity index (χ0n) is 20.2. The van der Waals surface area contributed by atoms with Crippen LogP contribution in [0.15, 0.2) is 59.1 Å². The third kappa shape index (κ3) is 6.03. The molecule has 4 rings (SSSR count). The lowest BCUT2D eigenvalue weighted by Crippen LogP contribution is -2.49. The van der Waals surface area contributed by atoms with Crippen molar-refractivity contribution in [3.63, 3.8) is 0 Å². The number of halogens is 1. The van der Waals surface area contributed by atoms with Crippen molar-refractivity contribution in [1.82, 2.24) is 15.0 Å². The number of carbonyl (C=O) groups excluding carboxylic acids is 2. The first-order valence-corrected chi connectivity index (χ1v) is 12.1. The fourth-order valence-electron chi connectivity index (χ4n) is 4.53. The van der Waals surface area contributed by atoms with E-state index in [0.717, 1.165) is 5.56 Å². The summed E-state index contributed by atoms with van der Waals surface area (Å²) in [4.78, 5) is 30.0. The molecule has 0 saturated carbocycles. The van der Waals surface area contributed by atoms with Crippen LogP contribution in [-0.4, -0.2) is 53.0 Å². The molecule has 2 atom stereocenters. The van der Waals surface area contributed by atoms with Gasteiger partial charge in [-0.25, -0.2) is 0 Å². The highest BCUT2D eigenvalue weighted by Gasteiger charge is 2.36. The number of nitrogens with zero attached hydrogens (tertiary/aromatic N) is 3. The fourth-order valence-corrected chi connectivity index (χ4v) is 4.71. The van der Waals surface area contributed by atoms with Crippen molar-refractivity contribution in [3.05, 3.63) is 82.2 Å². The van der Waals surface area contributed by atoms with E-state index in [-0.39, 0.29) is 30.3 Å². The number of hydrogen-bond acceptors (Lipinski definition) is 5. The number of rotatable bonds is 7. The maximum atomic E-state index is 13.3. The van der Waals surface area contributed by atoms with E-state index in [0.29, 0.717) is 53.8 Å². The Labute approximate surface area is 210 Å². The second-order valence-electron chi connectivity index (χ2n) is 9.05. The van der Waals surface area contributed by atoms with Gasteiger partial charge in [-0.2, -0.15) is 0 Å². The van der Waals surface area contributed by atoms with E-state index < -0.39 is 0 Å². The molecule has 2 heterocycles. The molecule has 8 heteroatoms. The molecule has 0 unspecified atom stereocenters. The van der Waals surface area contributed by atoms with Crippen molar-refractivity contribution in [2.45, 2.75) is 39.3 Å². The molecule has 0 radical (unpaired) electrons. The molecule has 35 heavy (non-hydrogen) atoms. The van der Waals surface area contributed by atoms with Crippen molar-refractivity contribution < 1.29 is 18.8 Å². The normalized spacial score (nSPS) is 17.8. The number of carbonyl (C=O) groups is 2. The lowest BCUT2D eigenvalue weighted by atomic mass is 9.90. The van der Waals surface area contributed by atoms with Gasteiger partial charge in [-0.1, -0.05) is 53.2 Å². The van der Waals surface area contributed by atoms with Crippen LogP contribution in [0.25, 0.3) is 0 Å². The van der Waals surface area contributed by atoms with Crippen LogP contribution in [0.3, 0.4) is 0 Å². The lowest BCUT2D eigenvalue weighted by Gasteiger charge is -2.39.